The minimum atomic E-state index is -3.55. The highest BCUT2D eigenvalue weighted by molar-refractivity contribution is 7.89. The summed E-state index contributed by atoms with van der Waals surface area (Å²) in [4.78, 5) is 1.81. The Balaban J connectivity index is 1.46. The maximum absolute atomic E-state index is 12.9. The standard InChI is InChI=1S/C14H19N9O2S/c1-10-14(11(2)20(3)18-10)26(24,25)21-8-13(9-21)22-6-12(17-19-22)7-23-15-4-5-16-23/h4-6,13H,7-9H2,1-3H3. The van der Waals surface area contributed by atoms with Crippen molar-refractivity contribution in [3.8, 4) is 0 Å². The van der Waals surface area contributed by atoms with Gasteiger partial charge in [-0.05, 0) is 13.8 Å². The van der Waals surface area contributed by atoms with E-state index in [4.69, 9.17) is 0 Å². The van der Waals surface area contributed by atoms with Gasteiger partial charge in [0.2, 0.25) is 10.0 Å². The van der Waals surface area contributed by atoms with Crippen molar-refractivity contribution in [3.05, 3.63) is 35.7 Å². The third-order valence-corrected chi connectivity index (χ3v) is 6.66. The van der Waals surface area contributed by atoms with Crippen molar-refractivity contribution >= 4 is 10.0 Å². The van der Waals surface area contributed by atoms with Gasteiger partial charge in [-0.25, -0.2) is 13.1 Å². The van der Waals surface area contributed by atoms with E-state index in [1.165, 1.54) is 9.10 Å². The Morgan fingerprint density at radius 3 is 2.50 bits per heavy atom. The first-order valence-corrected chi connectivity index (χ1v) is 9.55. The van der Waals surface area contributed by atoms with Crippen LogP contribution in [0.5, 0.6) is 0 Å². The molecule has 0 bridgehead atoms. The number of hydrogen-bond donors (Lipinski definition) is 0. The summed E-state index contributed by atoms with van der Waals surface area (Å²) in [6, 6.07) is -0.0334. The van der Waals surface area contributed by atoms with E-state index in [2.05, 4.69) is 25.6 Å². The van der Waals surface area contributed by atoms with Crippen molar-refractivity contribution < 1.29 is 8.42 Å². The van der Waals surface area contributed by atoms with Gasteiger partial charge < -0.3 is 0 Å². The van der Waals surface area contributed by atoms with Gasteiger partial charge in [-0.3, -0.25) is 4.68 Å². The van der Waals surface area contributed by atoms with Gasteiger partial charge >= 0.3 is 0 Å². The molecule has 138 valence electrons. The molecule has 11 nitrogen and oxygen atoms in total. The molecular weight excluding hydrogens is 358 g/mol. The zero-order valence-electron chi connectivity index (χ0n) is 14.7. The summed E-state index contributed by atoms with van der Waals surface area (Å²) in [5, 5.41) is 20.5. The normalized spacial score (nSPS) is 16.1. The second-order valence-corrected chi connectivity index (χ2v) is 8.22. The van der Waals surface area contributed by atoms with Crippen LogP contribution in [-0.2, 0) is 23.6 Å². The van der Waals surface area contributed by atoms with Crippen LogP contribution in [0.2, 0.25) is 0 Å². The highest BCUT2D eigenvalue weighted by Crippen LogP contribution is 2.30. The Hall–Kier alpha value is -2.60. The molecule has 0 N–H and O–H groups in total. The Morgan fingerprint density at radius 1 is 1.19 bits per heavy atom. The third kappa shape index (κ3) is 2.70. The van der Waals surface area contributed by atoms with Crippen molar-refractivity contribution in [1.29, 1.82) is 0 Å². The first-order chi connectivity index (χ1) is 12.4. The van der Waals surface area contributed by atoms with Crippen LogP contribution < -0.4 is 0 Å². The molecule has 3 aromatic heterocycles. The molecule has 1 fully saturated rings. The second kappa shape index (κ2) is 5.99. The van der Waals surface area contributed by atoms with Gasteiger partial charge in [0.25, 0.3) is 0 Å². The fourth-order valence-electron chi connectivity index (χ4n) is 3.07. The van der Waals surface area contributed by atoms with Crippen molar-refractivity contribution in [2.45, 2.75) is 31.3 Å². The molecule has 0 atom stereocenters. The lowest BCUT2D eigenvalue weighted by atomic mass is 10.2. The summed E-state index contributed by atoms with van der Waals surface area (Å²) in [5.74, 6) is 0. The monoisotopic (exact) mass is 377 g/mol. The largest absolute Gasteiger partial charge is 0.271 e. The summed E-state index contributed by atoms with van der Waals surface area (Å²) < 4.78 is 30.5. The number of aromatic nitrogens is 8. The van der Waals surface area contributed by atoms with Crippen molar-refractivity contribution in [2.75, 3.05) is 13.1 Å². The molecule has 0 spiro atoms. The summed E-state index contributed by atoms with van der Waals surface area (Å²) in [6.45, 7) is 4.62. The molecule has 0 unspecified atom stereocenters. The lowest BCUT2D eigenvalue weighted by Gasteiger charge is -2.37. The van der Waals surface area contributed by atoms with E-state index in [-0.39, 0.29) is 6.04 Å². The van der Waals surface area contributed by atoms with Gasteiger partial charge in [-0.2, -0.15) is 24.4 Å². The molecular formula is C14H19N9O2S. The molecule has 3 aromatic rings. The number of aryl methyl sites for hydroxylation is 2. The maximum atomic E-state index is 12.9. The van der Waals surface area contributed by atoms with E-state index < -0.39 is 10.0 Å². The SMILES string of the molecule is Cc1nn(C)c(C)c1S(=O)(=O)N1CC(n2cc(Cn3nccn3)nn2)C1. The quantitative estimate of drug-likeness (QED) is 0.589. The predicted octanol–water partition coefficient (Wildman–Crippen LogP) is -0.486. The minimum absolute atomic E-state index is 0.0334. The molecule has 0 saturated carbocycles. The zero-order chi connectivity index (χ0) is 18.5. The predicted molar refractivity (Wildman–Crippen MR) is 89.6 cm³/mol. The van der Waals surface area contributed by atoms with Crippen LogP contribution in [0.25, 0.3) is 0 Å². The van der Waals surface area contributed by atoms with E-state index in [0.29, 0.717) is 35.9 Å². The highest BCUT2D eigenvalue weighted by atomic mass is 32.2. The third-order valence-electron chi connectivity index (χ3n) is 4.57. The Morgan fingerprint density at radius 2 is 1.88 bits per heavy atom. The molecule has 4 rings (SSSR count). The van der Waals surface area contributed by atoms with Gasteiger partial charge in [0, 0.05) is 20.1 Å². The number of nitrogens with zero attached hydrogens (tertiary/aromatic N) is 9. The maximum Gasteiger partial charge on any atom is 0.246 e. The fraction of sp³-hybridized carbons (Fsp3) is 0.500. The van der Waals surface area contributed by atoms with Crippen LogP contribution in [0, 0.1) is 13.8 Å². The second-order valence-electron chi connectivity index (χ2n) is 6.35. The molecule has 0 aliphatic carbocycles. The number of sulfonamides is 1. The first kappa shape index (κ1) is 16.8. The summed E-state index contributed by atoms with van der Waals surface area (Å²) in [6.07, 6.45) is 5.00. The van der Waals surface area contributed by atoms with Gasteiger partial charge in [0.1, 0.15) is 17.1 Å². The van der Waals surface area contributed by atoms with E-state index in [1.807, 2.05) is 0 Å². The summed E-state index contributed by atoms with van der Waals surface area (Å²) in [5.41, 5.74) is 1.88. The van der Waals surface area contributed by atoms with Crippen LogP contribution in [0.3, 0.4) is 0 Å². The number of hydrogen-bond acceptors (Lipinski definition) is 7. The highest BCUT2D eigenvalue weighted by Gasteiger charge is 2.40. The van der Waals surface area contributed by atoms with Crippen molar-refractivity contribution in [1.82, 2.24) is 44.1 Å². The van der Waals surface area contributed by atoms with Gasteiger partial charge in [-0.15, -0.1) is 5.10 Å². The molecule has 0 aromatic carbocycles. The lowest BCUT2D eigenvalue weighted by Crippen LogP contribution is -2.50. The van der Waals surface area contributed by atoms with Gasteiger partial charge in [0.05, 0.1) is 36.0 Å². The Kier molecular flexibility index (Phi) is 3.88. The van der Waals surface area contributed by atoms with Crippen molar-refractivity contribution in [3.63, 3.8) is 0 Å². The first-order valence-electron chi connectivity index (χ1n) is 8.11. The van der Waals surface area contributed by atoms with Gasteiger partial charge in [0.15, 0.2) is 0 Å². The number of rotatable bonds is 5. The topological polar surface area (TPSA) is 117 Å². The minimum Gasteiger partial charge on any atom is -0.271 e. The molecule has 0 amide bonds. The van der Waals surface area contributed by atoms with Crippen LogP contribution >= 0.6 is 0 Å². The molecule has 26 heavy (non-hydrogen) atoms. The smallest absolute Gasteiger partial charge is 0.246 e. The Labute approximate surface area is 150 Å². The van der Waals surface area contributed by atoms with Crippen LogP contribution in [0.15, 0.2) is 23.5 Å². The molecule has 0 radical (unpaired) electrons. The van der Waals surface area contributed by atoms with E-state index >= 15 is 0 Å². The van der Waals surface area contributed by atoms with Crippen LogP contribution in [0.1, 0.15) is 23.1 Å². The lowest BCUT2D eigenvalue weighted by molar-refractivity contribution is 0.188. The van der Waals surface area contributed by atoms with Gasteiger partial charge in [-0.1, -0.05) is 5.21 Å². The molecule has 4 heterocycles. The van der Waals surface area contributed by atoms with E-state index in [9.17, 15) is 8.42 Å². The molecule has 1 aliphatic rings. The van der Waals surface area contributed by atoms with E-state index in [1.54, 1.807) is 48.8 Å². The molecule has 12 heteroatoms. The van der Waals surface area contributed by atoms with E-state index in [0.717, 1.165) is 5.69 Å². The fourth-order valence-corrected chi connectivity index (χ4v) is 4.99. The summed E-state index contributed by atoms with van der Waals surface area (Å²) in [7, 11) is -1.81. The van der Waals surface area contributed by atoms with Crippen molar-refractivity contribution in [2.24, 2.45) is 7.05 Å². The van der Waals surface area contributed by atoms with Crippen LogP contribution in [0.4, 0.5) is 0 Å². The average molecular weight is 377 g/mol. The summed E-state index contributed by atoms with van der Waals surface area (Å²) >= 11 is 0. The van der Waals surface area contributed by atoms with Crippen LogP contribution in [-0.4, -0.2) is 65.6 Å². The Bertz CT molecular complexity index is 1030. The molecule has 1 aliphatic heterocycles. The molecule has 1 saturated heterocycles. The zero-order valence-corrected chi connectivity index (χ0v) is 15.5. The average Bonchev–Trinajstić information content (AvgIpc) is 3.22.